The molecule has 0 aliphatic heterocycles. The van der Waals surface area contributed by atoms with Gasteiger partial charge in [0.2, 0.25) is 0 Å². The number of esters is 1. The van der Waals surface area contributed by atoms with Crippen LogP contribution in [-0.2, 0) is 9.53 Å². The highest BCUT2D eigenvalue weighted by Crippen LogP contribution is 2.28. The smallest absolute Gasteiger partial charge is 0.330 e. The van der Waals surface area contributed by atoms with E-state index in [9.17, 15) is 4.79 Å². The molecule has 2 rings (SSSR count). The molecule has 1 aromatic heterocycles. The van der Waals surface area contributed by atoms with Crippen molar-refractivity contribution < 1.29 is 9.53 Å². The van der Waals surface area contributed by atoms with Crippen LogP contribution in [0.2, 0.25) is 5.02 Å². The topological polar surface area (TPSA) is 42.4 Å². The molecule has 0 aliphatic carbocycles. The Balaban J connectivity index is 2.27. The van der Waals surface area contributed by atoms with Crippen molar-refractivity contribution in [2.45, 2.75) is 19.3 Å². The third-order valence-electron chi connectivity index (χ3n) is 3.96. The number of halogens is 1. The summed E-state index contributed by atoms with van der Waals surface area (Å²) in [4.78, 5) is 18.4. The lowest BCUT2D eigenvalue weighted by Crippen LogP contribution is -2.17. The molecule has 1 heterocycles. The molecule has 4 nitrogen and oxygen atoms in total. The third kappa shape index (κ3) is 6.28. The summed E-state index contributed by atoms with van der Waals surface area (Å²) in [5.74, 6) is -0.202. The lowest BCUT2D eigenvalue weighted by atomic mass is 9.91. The van der Waals surface area contributed by atoms with Crippen molar-refractivity contribution >= 4 is 23.6 Å². The monoisotopic (exact) mass is 372 g/mol. The second kappa shape index (κ2) is 10.1. The largest absolute Gasteiger partial charge is 0.463 e. The number of rotatable bonds is 8. The van der Waals surface area contributed by atoms with Crippen molar-refractivity contribution in [3.63, 3.8) is 0 Å². The van der Waals surface area contributed by atoms with E-state index in [1.54, 1.807) is 13.0 Å². The lowest BCUT2D eigenvalue weighted by molar-refractivity contribution is -0.137. The Morgan fingerprint density at radius 1 is 1.23 bits per heavy atom. The summed E-state index contributed by atoms with van der Waals surface area (Å²) >= 11 is 6.03. The molecule has 26 heavy (non-hydrogen) atoms. The van der Waals surface area contributed by atoms with Gasteiger partial charge in [0.15, 0.2) is 0 Å². The van der Waals surface area contributed by atoms with E-state index in [0.29, 0.717) is 6.61 Å². The normalized spacial score (nSPS) is 12.5. The van der Waals surface area contributed by atoms with Crippen molar-refractivity contribution in [1.29, 1.82) is 0 Å². The van der Waals surface area contributed by atoms with Crippen LogP contribution < -0.4 is 0 Å². The Morgan fingerprint density at radius 2 is 1.96 bits per heavy atom. The van der Waals surface area contributed by atoms with Crippen LogP contribution in [0, 0.1) is 0 Å². The molecule has 0 radical (unpaired) electrons. The van der Waals surface area contributed by atoms with Gasteiger partial charge in [0.05, 0.1) is 12.3 Å². The van der Waals surface area contributed by atoms with Crippen LogP contribution in [0.15, 0.2) is 48.5 Å². The minimum atomic E-state index is -0.360. The van der Waals surface area contributed by atoms with E-state index in [1.165, 1.54) is 11.6 Å². The van der Waals surface area contributed by atoms with Gasteiger partial charge in [0.1, 0.15) is 0 Å². The van der Waals surface area contributed by atoms with E-state index in [1.807, 2.05) is 42.5 Å². The molecule has 0 N–H and O–H groups in total. The molecular formula is C21H25ClN2O2. The van der Waals surface area contributed by atoms with Crippen LogP contribution in [0.4, 0.5) is 0 Å². The molecule has 2 aromatic rings. The number of ether oxygens (including phenoxy) is 1. The molecule has 1 unspecified atom stereocenters. The zero-order chi connectivity index (χ0) is 18.9. The van der Waals surface area contributed by atoms with E-state index in [2.05, 4.69) is 19.0 Å². The van der Waals surface area contributed by atoms with E-state index < -0.39 is 0 Å². The number of benzene rings is 1. The Bertz CT molecular complexity index is 742. The maximum atomic E-state index is 11.5. The molecule has 5 heteroatoms. The number of hydrogen-bond donors (Lipinski definition) is 0. The summed E-state index contributed by atoms with van der Waals surface area (Å²) < 4.78 is 4.92. The fourth-order valence-electron chi connectivity index (χ4n) is 2.67. The SMILES string of the molecule is CCOC(=O)C=Cc1cccc(C(CCN(C)C)c2ccc(Cl)cc2)n1. The van der Waals surface area contributed by atoms with E-state index >= 15 is 0 Å². The molecule has 1 atom stereocenters. The highest BCUT2D eigenvalue weighted by Gasteiger charge is 2.16. The van der Waals surface area contributed by atoms with Crippen molar-refractivity contribution in [3.05, 3.63) is 70.5 Å². The molecule has 0 spiro atoms. The fraction of sp³-hybridized carbons (Fsp3) is 0.333. The molecule has 0 saturated carbocycles. The predicted octanol–water partition coefficient (Wildman–Crippen LogP) is 4.39. The first-order valence-corrected chi connectivity index (χ1v) is 9.09. The number of carbonyl (C=O) groups excluding carboxylic acids is 1. The summed E-state index contributed by atoms with van der Waals surface area (Å²) in [6, 6.07) is 13.8. The first kappa shape index (κ1) is 20.1. The molecule has 0 saturated heterocycles. The minimum Gasteiger partial charge on any atom is -0.463 e. The van der Waals surface area contributed by atoms with Crippen LogP contribution in [0.5, 0.6) is 0 Å². The van der Waals surface area contributed by atoms with Gasteiger partial charge in [-0.05, 0) is 69.9 Å². The van der Waals surface area contributed by atoms with Gasteiger partial charge in [-0.1, -0.05) is 29.8 Å². The Labute approximate surface area is 160 Å². The maximum Gasteiger partial charge on any atom is 0.330 e. The number of carbonyl (C=O) groups is 1. The van der Waals surface area contributed by atoms with Crippen LogP contribution in [-0.4, -0.2) is 43.1 Å². The number of nitrogens with zero attached hydrogens (tertiary/aromatic N) is 2. The van der Waals surface area contributed by atoms with Gasteiger partial charge < -0.3 is 9.64 Å². The number of aromatic nitrogens is 1. The van der Waals surface area contributed by atoms with Crippen LogP contribution in [0.25, 0.3) is 6.08 Å². The Morgan fingerprint density at radius 3 is 2.62 bits per heavy atom. The van der Waals surface area contributed by atoms with Gasteiger partial charge in [-0.25, -0.2) is 4.79 Å². The van der Waals surface area contributed by atoms with Crippen molar-refractivity contribution in [2.24, 2.45) is 0 Å². The van der Waals surface area contributed by atoms with Gasteiger partial charge >= 0.3 is 5.97 Å². The van der Waals surface area contributed by atoms with E-state index in [0.717, 1.165) is 29.4 Å². The number of pyridine rings is 1. The summed E-state index contributed by atoms with van der Waals surface area (Å²) in [6.07, 6.45) is 4.03. The Kier molecular flexibility index (Phi) is 7.82. The first-order chi connectivity index (χ1) is 12.5. The molecule has 0 aliphatic rings. The van der Waals surface area contributed by atoms with Gasteiger partial charge in [0.25, 0.3) is 0 Å². The van der Waals surface area contributed by atoms with Gasteiger partial charge in [-0.15, -0.1) is 0 Å². The van der Waals surface area contributed by atoms with E-state index in [-0.39, 0.29) is 11.9 Å². The molecular weight excluding hydrogens is 348 g/mol. The fourth-order valence-corrected chi connectivity index (χ4v) is 2.79. The average molecular weight is 373 g/mol. The summed E-state index contributed by atoms with van der Waals surface area (Å²) in [6.45, 7) is 3.09. The first-order valence-electron chi connectivity index (χ1n) is 8.71. The van der Waals surface area contributed by atoms with Crippen molar-refractivity contribution in [3.8, 4) is 0 Å². The van der Waals surface area contributed by atoms with Crippen molar-refractivity contribution in [1.82, 2.24) is 9.88 Å². The van der Waals surface area contributed by atoms with Crippen LogP contribution in [0.3, 0.4) is 0 Å². The van der Waals surface area contributed by atoms with Gasteiger partial charge in [-0.2, -0.15) is 0 Å². The van der Waals surface area contributed by atoms with E-state index in [4.69, 9.17) is 21.3 Å². The highest BCUT2D eigenvalue weighted by atomic mass is 35.5. The average Bonchev–Trinajstić information content (AvgIpc) is 2.62. The molecule has 0 bridgehead atoms. The number of hydrogen-bond acceptors (Lipinski definition) is 4. The zero-order valence-electron chi connectivity index (χ0n) is 15.5. The summed E-state index contributed by atoms with van der Waals surface area (Å²) in [5, 5.41) is 0.721. The predicted molar refractivity (Wildman–Crippen MR) is 106 cm³/mol. The van der Waals surface area contributed by atoms with Gasteiger partial charge in [0, 0.05) is 22.7 Å². The van der Waals surface area contributed by atoms with Crippen LogP contribution in [0.1, 0.15) is 36.2 Å². The summed E-state index contributed by atoms with van der Waals surface area (Å²) in [5.41, 5.74) is 2.88. The lowest BCUT2D eigenvalue weighted by Gasteiger charge is -2.20. The quantitative estimate of drug-likeness (QED) is 0.509. The van der Waals surface area contributed by atoms with Crippen LogP contribution >= 0.6 is 11.6 Å². The van der Waals surface area contributed by atoms with Crippen molar-refractivity contribution in [2.75, 3.05) is 27.2 Å². The minimum absolute atomic E-state index is 0.158. The van der Waals surface area contributed by atoms with Gasteiger partial charge in [-0.3, -0.25) is 4.98 Å². The standard InChI is InChI=1S/C21H25ClN2O2/c1-4-26-21(25)13-12-18-6-5-7-20(23-18)19(14-15-24(2)3)16-8-10-17(22)11-9-16/h5-13,19H,4,14-15H2,1-3H3. The molecule has 0 fully saturated rings. The second-order valence-electron chi connectivity index (χ2n) is 6.27. The molecule has 138 valence electrons. The third-order valence-corrected chi connectivity index (χ3v) is 4.22. The molecule has 1 aromatic carbocycles. The highest BCUT2D eigenvalue weighted by molar-refractivity contribution is 6.30. The summed E-state index contributed by atoms with van der Waals surface area (Å²) in [7, 11) is 4.12. The Hall–Kier alpha value is -2.17. The molecule has 0 amide bonds. The maximum absolute atomic E-state index is 11.5. The second-order valence-corrected chi connectivity index (χ2v) is 6.71. The zero-order valence-corrected chi connectivity index (χ0v) is 16.2.